The van der Waals surface area contributed by atoms with E-state index >= 15 is 0 Å². The fraction of sp³-hybridized carbons (Fsp3) is 0.261. The summed E-state index contributed by atoms with van der Waals surface area (Å²) >= 11 is 1.50. The van der Waals surface area contributed by atoms with E-state index < -0.39 is 29.6 Å². The molecule has 0 aliphatic rings. The number of carbonyl (C=O) groups is 2. The van der Waals surface area contributed by atoms with E-state index in [9.17, 15) is 22.8 Å². The number of aromatic nitrogens is 1. The number of alkyl halides is 3. The number of nitrogens with one attached hydrogen (secondary N) is 2. The molecule has 3 rings (SSSR count). The number of rotatable bonds is 8. The number of benzene rings is 2. The van der Waals surface area contributed by atoms with Crippen molar-refractivity contribution in [2.24, 2.45) is 12.1 Å². The third-order valence-electron chi connectivity index (χ3n) is 5.01. The maximum atomic E-state index is 12.7. The summed E-state index contributed by atoms with van der Waals surface area (Å²) in [5, 5.41) is 7.60. The highest BCUT2D eigenvalue weighted by Crippen LogP contribution is 2.29. The molecule has 1 unspecified atom stereocenters. The van der Waals surface area contributed by atoms with Gasteiger partial charge in [-0.3, -0.25) is 9.59 Å². The van der Waals surface area contributed by atoms with Gasteiger partial charge in [0.25, 0.3) is 11.8 Å². The number of hydrazone groups is 1. The molecule has 0 fully saturated rings. The largest absolute Gasteiger partial charge is 0.416 e. The van der Waals surface area contributed by atoms with Crippen molar-refractivity contribution in [1.82, 2.24) is 15.3 Å². The third-order valence-corrected chi connectivity index (χ3v) is 5.66. The molecule has 0 spiro atoms. The first-order valence-corrected chi connectivity index (χ1v) is 11.4. The van der Waals surface area contributed by atoms with Gasteiger partial charge in [0.2, 0.25) is 0 Å². The second-order valence-corrected chi connectivity index (χ2v) is 8.31. The highest BCUT2D eigenvalue weighted by Gasteiger charge is 2.30. The average Bonchev–Trinajstić information content (AvgIpc) is 3.11. The van der Waals surface area contributed by atoms with Gasteiger partial charge in [-0.2, -0.15) is 30.0 Å². The molecule has 1 aromatic heterocycles. The van der Waals surface area contributed by atoms with Crippen LogP contribution in [0.1, 0.15) is 27.9 Å². The minimum absolute atomic E-state index is 0.0317. The number of hydrogen-bond acceptors (Lipinski definition) is 4. The van der Waals surface area contributed by atoms with Crippen LogP contribution in [0.5, 0.6) is 0 Å². The molecule has 2 aromatic carbocycles. The van der Waals surface area contributed by atoms with Crippen molar-refractivity contribution >= 4 is 40.7 Å². The van der Waals surface area contributed by atoms with Gasteiger partial charge in [0, 0.05) is 35.3 Å². The van der Waals surface area contributed by atoms with Crippen LogP contribution in [0.15, 0.2) is 59.8 Å². The number of thioether (sulfide) groups is 1. The Kier molecular flexibility index (Phi) is 7.80. The number of fused-ring (bicyclic) bond motifs is 1. The molecule has 1 heterocycles. The quantitative estimate of drug-likeness (QED) is 0.378. The number of nitrogens with zero attached hydrogens (tertiary/aromatic N) is 2. The molecule has 33 heavy (non-hydrogen) atoms. The molecular weight excluding hydrogens is 453 g/mol. The number of aryl methyl sites for hydroxylation is 1. The Balaban J connectivity index is 1.68. The Morgan fingerprint density at radius 1 is 1.15 bits per heavy atom. The van der Waals surface area contributed by atoms with Crippen LogP contribution in [-0.2, 0) is 18.0 Å². The zero-order chi connectivity index (χ0) is 24.0. The Morgan fingerprint density at radius 2 is 1.85 bits per heavy atom. The standard InChI is InChI=1S/C23H23F3N4O2S/c1-30-14-16(18-5-3-4-6-20(18)30)13-27-29-22(32)19(11-12-33-2)28-21(31)15-7-9-17(10-8-15)23(24,25)26/h3-10,13-14,19H,11-12H2,1-2H3,(H,28,31)(H,29,32)/b27-13+. The topological polar surface area (TPSA) is 75.5 Å². The summed E-state index contributed by atoms with van der Waals surface area (Å²) in [4.78, 5) is 25.2. The first-order chi connectivity index (χ1) is 15.7. The Labute approximate surface area is 193 Å². The van der Waals surface area contributed by atoms with Gasteiger partial charge in [0.15, 0.2) is 0 Å². The predicted molar refractivity (Wildman–Crippen MR) is 124 cm³/mol. The number of carbonyl (C=O) groups excluding carboxylic acids is 2. The molecule has 10 heteroatoms. The molecule has 0 saturated heterocycles. The molecule has 2 amide bonds. The van der Waals surface area contributed by atoms with Crippen LogP contribution in [0, 0.1) is 0 Å². The van der Waals surface area contributed by atoms with Gasteiger partial charge < -0.3 is 9.88 Å². The van der Waals surface area contributed by atoms with Crippen molar-refractivity contribution in [3.05, 3.63) is 71.4 Å². The van der Waals surface area contributed by atoms with E-state index in [1.54, 1.807) is 0 Å². The van der Waals surface area contributed by atoms with Gasteiger partial charge in [-0.05, 0) is 48.8 Å². The van der Waals surface area contributed by atoms with E-state index in [-0.39, 0.29) is 5.56 Å². The number of amides is 2. The van der Waals surface area contributed by atoms with E-state index in [4.69, 9.17) is 0 Å². The van der Waals surface area contributed by atoms with Gasteiger partial charge in [-0.15, -0.1) is 0 Å². The van der Waals surface area contributed by atoms with Gasteiger partial charge in [-0.25, -0.2) is 5.43 Å². The summed E-state index contributed by atoms with van der Waals surface area (Å²) in [6.45, 7) is 0. The lowest BCUT2D eigenvalue weighted by atomic mass is 10.1. The molecule has 0 aliphatic carbocycles. The van der Waals surface area contributed by atoms with E-state index in [0.717, 1.165) is 40.7 Å². The summed E-state index contributed by atoms with van der Waals surface area (Å²) in [6, 6.07) is 10.7. The number of halogens is 3. The fourth-order valence-electron chi connectivity index (χ4n) is 3.28. The van der Waals surface area contributed by atoms with Crippen LogP contribution >= 0.6 is 11.8 Å². The first-order valence-electron chi connectivity index (χ1n) is 10.0. The molecule has 6 nitrogen and oxygen atoms in total. The average molecular weight is 477 g/mol. The molecule has 3 aromatic rings. The Hall–Kier alpha value is -3.27. The van der Waals surface area contributed by atoms with E-state index in [2.05, 4.69) is 15.8 Å². The van der Waals surface area contributed by atoms with Gasteiger partial charge in [0.1, 0.15) is 6.04 Å². The zero-order valence-electron chi connectivity index (χ0n) is 18.0. The van der Waals surface area contributed by atoms with Crippen molar-refractivity contribution in [3.8, 4) is 0 Å². The smallest absolute Gasteiger partial charge is 0.350 e. The molecule has 174 valence electrons. The summed E-state index contributed by atoms with van der Waals surface area (Å²) in [5.41, 5.74) is 3.47. The van der Waals surface area contributed by atoms with E-state index in [0.29, 0.717) is 12.2 Å². The highest BCUT2D eigenvalue weighted by molar-refractivity contribution is 7.98. The van der Waals surface area contributed by atoms with Gasteiger partial charge in [-0.1, -0.05) is 18.2 Å². The second kappa shape index (κ2) is 10.6. The Morgan fingerprint density at radius 3 is 2.52 bits per heavy atom. The van der Waals surface area contributed by atoms with Gasteiger partial charge in [0.05, 0.1) is 11.8 Å². The van der Waals surface area contributed by atoms with E-state index in [1.165, 1.54) is 18.0 Å². The lowest BCUT2D eigenvalue weighted by molar-refractivity contribution is -0.137. The van der Waals surface area contributed by atoms with Crippen molar-refractivity contribution in [3.63, 3.8) is 0 Å². The molecule has 2 N–H and O–H groups in total. The maximum absolute atomic E-state index is 12.7. The van der Waals surface area contributed by atoms with Crippen molar-refractivity contribution in [1.29, 1.82) is 0 Å². The predicted octanol–water partition coefficient (Wildman–Crippen LogP) is 4.20. The third kappa shape index (κ3) is 6.16. The summed E-state index contributed by atoms with van der Waals surface area (Å²) in [6.07, 6.45) is 1.13. The van der Waals surface area contributed by atoms with Crippen LogP contribution in [0.3, 0.4) is 0 Å². The van der Waals surface area contributed by atoms with Crippen molar-refractivity contribution in [2.75, 3.05) is 12.0 Å². The molecule has 0 aliphatic heterocycles. The van der Waals surface area contributed by atoms with E-state index in [1.807, 2.05) is 48.3 Å². The maximum Gasteiger partial charge on any atom is 0.416 e. The van der Waals surface area contributed by atoms with Crippen LogP contribution in [0.4, 0.5) is 13.2 Å². The summed E-state index contributed by atoms with van der Waals surface area (Å²) < 4.78 is 40.2. The molecule has 0 saturated carbocycles. The molecule has 0 bridgehead atoms. The van der Waals surface area contributed by atoms with Crippen LogP contribution in [-0.4, -0.2) is 40.6 Å². The SMILES string of the molecule is CSCCC(NC(=O)c1ccc(C(F)(F)F)cc1)C(=O)N/N=C/c1cn(C)c2ccccc12. The fourth-order valence-corrected chi connectivity index (χ4v) is 3.75. The highest BCUT2D eigenvalue weighted by atomic mass is 32.2. The lowest BCUT2D eigenvalue weighted by Gasteiger charge is -2.17. The second-order valence-electron chi connectivity index (χ2n) is 7.33. The number of para-hydroxylation sites is 1. The lowest BCUT2D eigenvalue weighted by Crippen LogP contribution is -2.45. The van der Waals surface area contributed by atoms with Crippen molar-refractivity contribution < 1.29 is 22.8 Å². The Bertz CT molecular complexity index is 1160. The van der Waals surface area contributed by atoms with Gasteiger partial charge >= 0.3 is 6.18 Å². The molecular formula is C23H23F3N4O2S. The van der Waals surface area contributed by atoms with Crippen LogP contribution in [0.25, 0.3) is 10.9 Å². The normalized spacial score (nSPS) is 12.8. The molecule has 1 atom stereocenters. The van der Waals surface area contributed by atoms with Crippen molar-refractivity contribution in [2.45, 2.75) is 18.6 Å². The molecule has 0 radical (unpaired) electrons. The number of hydrogen-bond donors (Lipinski definition) is 2. The monoisotopic (exact) mass is 476 g/mol. The minimum atomic E-state index is -4.49. The zero-order valence-corrected chi connectivity index (χ0v) is 18.8. The summed E-state index contributed by atoms with van der Waals surface area (Å²) in [7, 11) is 1.91. The van der Waals surface area contributed by atoms with Crippen LogP contribution in [0.2, 0.25) is 0 Å². The summed E-state index contributed by atoms with van der Waals surface area (Å²) in [5.74, 6) is -0.554. The minimum Gasteiger partial charge on any atom is -0.350 e. The first kappa shape index (κ1) is 24.4. The van der Waals surface area contributed by atoms with Crippen LogP contribution < -0.4 is 10.7 Å².